The normalized spacial score (nSPS) is 11.5. The molecule has 0 bridgehead atoms. The summed E-state index contributed by atoms with van der Waals surface area (Å²) in [6.07, 6.45) is 0. The zero-order valence-corrected chi connectivity index (χ0v) is 17.8. The maximum Gasteiger partial charge on any atom is 0.223 e. The number of aryl methyl sites for hydroxylation is 2. The van der Waals surface area contributed by atoms with Gasteiger partial charge in [0.05, 0.1) is 12.3 Å². The first kappa shape index (κ1) is 19.4. The Balaban J connectivity index is 2.00. The van der Waals surface area contributed by atoms with Crippen LogP contribution >= 0.6 is 27.5 Å². The van der Waals surface area contributed by atoms with Gasteiger partial charge in [-0.05, 0) is 74.9 Å². The van der Waals surface area contributed by atoms with Crippen LogP contribution in [-0.4, -0.2) is 16.5 Å². The molecular formula is C20H21BrN4OS. The molecule has 3 aromatic rings. The Morgan fingerprint density at radius 2 is 1.93 bits per heavy atom. The van der Waals surface area contributed by atoms with Crippen LogP contribution in [0.1, 0.15) is 17.4 Å². The molecule has 7 heteroatoms. The van der Waals surface area contributed by atoms with Gasteiger partial charge in [-0.2, -0.15) is 0 Å². The van der Waals surface area contributed by atoms with E-state index in [1.165, 1.54) is 11.5 Å². The molecule has 0 unspecified atom stereocenters. The lowest BCUT2D eigenvalue weighted by molar-refractivity contribution is 0.340. The third kappa shape index (κ3) is 4.87. The number of ether oxygens (including phenoxy) is 1. The molecule has 0 aliphatic heterocycles. The van der Waals surface area contributed by atoms with Crippen LogP contribution in [0.5, 0.6) is 5.75 Å². The number of benzene rings is 2. The zero-order chi connectivity index (χ0) is 19.4. The highest BCUT2D eigenvalue weighted by molar-refractivity contribution is 9.10. The van der Waals surface area contributed by atoms with E-state index in [4.69, 9.17) is 15.1 Å². The Morgan fingerprint density at radius 1 is 1.19 bits per heavy atom. The Kier molecular flexibility index (Phi) is 6.13. The second-order valence-electron chi connectivity index (χ2n) is 5.98. The monoisotopic (exact) mass is 444 g/mol. The van der Waals surface area contributed by atoms with E-state index in [-0.39, 0.29) is 0 Å². The van der Waals surface area contributed by atoms with Crippen molar-refractivity contribution in [1.82, 2.24) is 3.96 Å². The van der Waals surface area contributed by atoms with Crippen LogP contribution in [0.25, 0.3) is 0 Å². The van der Waals surface area contributed by atoms with Crippen molar-refractivity contribution in [3.05, 3.63) is 68.9 Å². The minimum atomic E-state index is 0.392. The summed E-state index contributed by atoms with van der Waals surface area (Å²) in [5.41, 5.74) is 3.22. The van der Waals surface area contributed by atoms with E-state index >= 15 is 0 Å². The third-order valence-electron chi connectivity index (χ3n) is 3.78. The number of hydrogen-bond acceptors (Lipinski definition) is 4. The van der Waals surface area contributed by atoms with Crippen LogP contribution < -0.4 is 15.5 Å². The topological polar surface area (TPSA) is 62.4 Å². The maximum atomic E-state index is 8.24. The van der Waals surface area contributed by atoms with Gasteiger partial charge in [0.25, 0.3) is 0 Å². The predicted molar refractivity (Wildman–Crippen MR) is 116 cm³/mol. The van der Waals surface area contributed by atoms with Crippen molar-refractivity contribution >= 4 is 44.8 Å². The molecule has 0 spiro atoms. The molecule has 0 saturated heterocycles. The molecule has 2 aromatic carbocycles. The molecule has 0 fully saturated rings. The molecule has 27 heavy (non-hydrogen) atoms. The lowest BCUT2D eigenvalue weighted by Gasteiger charge is -2.12. The van der Waals surface area contributed by atoms with E-state index < -0.39 is 0 Å². The minimum Gasteiger partial charge on any atom is -0.494 e. The van der Waals surface area contributed by atoms with Crippen LogP contribution in [0.3, 0.4) is 0 Å². The fourth-order valence-corrected chi connectivity index (χ4v) is 3.53. The summed E-state index contributed by atoms with van der Waals surface area (Å²) in [5.74, 6) is 1.40. The minimum absolute atomic E-state index is 0.392. The van der Waals surface area contributed by atoms with Crippen molar-refractivity contribution in [3.8, 4) is 5.75 Å². The number of nitrogens with one attached hydrogen (secondary N) is 2. The van der Waals surface area contributed by atoms with Crippen molar-refractivity contribution in [2.45, 2.75) is 20.8 Å². The first-order valence-electron chi connectivity index (χ1n) is 8.56. The largest absolute Gasteiger partial charge is 0.494 e. The molecule has 2 N–H and O–H groups in total. The highest BCUT2D eigenvalue weighted by Gasteiger charge is 2.09. The highest BCUT2D eigenvalue weighted by Crippen LogP contribution is 2.22. The SMILES string of the molecule is CCOc1ccc(N=C(Nc2ccc(Br)c(C)c2)n2sc(C)cc2=N)cc1. The fraction of sp³-hybridized carbons (Fsp3) is 0.200. The van der Waals surface area contributed by atoms with Crippen LogP contribution in [0.4, 0.5) is 11.4 Å². The summed E-state index contributed by atoms with van der Waals surface area (Å²) >= 11 is 5.01. The molecule has 0 amide bonds. The van der Waals surface area contributed by atoms with Gasteiger partial charge in [0.2, 0.25) is 5.96 Å². The number of halogens is 1. The molecule has 0 radical (unpaired) electrons. The second kappa shape index (κ2) is 8.54. The van der Waals surface area contributed by atoms with Gasteiger partial charge in [-0.3, -0.25) is 5.41 Å². The van der Waals surface area contributed by atoms with Gasteiger partial charge < -0.3 is 10.1 Å². The fourth-order valence-electron chi connectivity index (χ4n) is 2.51. The molecular weight excluding hydrogens is 424 g/mol. The number of anilines is 1. The summed E-state index contributed by atoms with van der Waals surface area (Å²) in [6, 6.07) is 15.5. The van der Waals surface area contributed by atoms with Crippen LogP contribution in [0.2, 0.25) is 0 Å². The van der Waals surface area contributed by atoms with Gasteiger partial charge >= 0.3 is 0 Å². The zero-order valence-electron chi connectivity index (χ0n) is 15.4. The highest BCUT2D eigenvalue weighted by atomic mass is 79.9. The second-order valence-corrected chi connectivity index (χ2v) is 8.02. The van der Waals surface area contributed by atoms with Crippen molar-refractivity contribution in [2.75, 3.05) is 11.9 Å². The van der Waals surface area contributed by atoms with Gasteiger partial charge in [-0.25, -0.2) is 8.95 Å². The van der Waals surface area contributed by atoms with Crippen molar-refractivity contribution in [3.63, 3.8) is 0 Å². The number of aliphatic imine (C=N–C) groups is 1. The maximum absolute atomic E-state index is 8.24. The third-order valence-corrected chi connectivity index (χ3v) is 5.63. The number of rotatable bonds is 4. The van der Waals surface area contributed by atoms with Crippen LogP contribution in [-0.2, 0) is 0 Å². The van der Waals surface area contributed by atoms with Crippen LogP contribution in [0, 0.1) is 19.3 Å². The number of aromatic nitrogens is 1. The quantitative estimate of drug-likeness (QED) is 0.414. The van der Waals surface area contributed by atoms with E-state index in [0.717, 1.165) is 32.0 Å². The first-order chi connectivity index (χ1) is 13.0. The molecule has 1 aromatic heterocycles. The van der Waals surface area contributed by atoms with Crippen LogP contribution in [0.15, 0.2) is 58.0 Å². The molecule has 0 saturated carbocycles. The number of nitrogens with zero attached hydrogens (tertiary/aromatic N) is 2. The Bertz CT molecular complexity index is 1020. The Morgan fingerprint density at radius 3 is 2.52 bits per heavy atom. The smallest absolute Gasteiger partial charge is 0.223 e. The molecule has 0 atom stereocenters. The number of hydrogen-bond donors (Lipinski definition) is 2. The van der Waals surface area contributed by atoms with E-state index in [2.05, 4.69) is 21.2 Å². The van der Waals surface area contributed by atoms with Gasteiger partial charge in [0, 0.05) is 15.0 Å². The summed E-state index contributed by atoms with van der Waals surface area (Å²) in [5, 5.41) is 11.6. The molecule has 3 rings (SSSR count). The van der Waals surface area contributed by atoms with E-state index in [1.54, 1.807) is 3.96 Å². The first-order valence-corrected chi connectivity index (χ1v) is 10.1. The van der Waals surface area contributed by atoms with E-state index in [0.29, 0.717) is 18.1 Å². The summed E-state index contributed by atoms with van der Waals surface area (Å²) < 4.78 is 8.33. The van der Waals surface area contributed by atoms with Gasteiger partial charge in [0.1, 0.15) is 11.2 Å². The Labute approximate surface area is 171 Å². The van der Waals surface area contributed by atoms with E-state index in [9.17, 15) is 0 Å². The Hall–Kier alpha value is -2.38. The molecule has 140 valence electrons. The predicted octanol–water partition coefficient (Wildman–Crippen LogP) is 5.46. The van der Waals surface area contributed by atoms with E-state index in [1.807, 2.05) is 69.3 Å². The average Bonchev–Trinajstić information content (AvgIpc) is 2.98. The van der Waals surface area contributed by atoms with Crippen molar-refractivity contribution < 1.29 is 4.74 Å². The molecule has 0 aliphatic carbocycles. The average molecular weight is 445 g/mol. The molecule has 1 heterocycles. The summed E-state index contributed by atoms with van der Waals surface area (Å²) in [6.45, 7) is 6.61. The summed E-state index contributed by atoms with van der Waals surface area (Å²) in [7, 11) is 0. The molecule has 5 nitrogen and oxygen atoms in total. The van der Waals surface area contributed by atoms with Gasteiger partial charge in [-0.15, -0.1) is 0 Å². The van der Waals surface area contributed by atoms with Gasteiger partial charge in [-0.1, -0.05) is 27.5 Å². The lowest BCUT2D eigenvalue weighted by atomic mass is 10.2. The standard InChI is InChI=1S/C20H21BrN4OS/c1-4-26-17-8-5-15(6-9-17)23-20(25-19(22)12-14(3)27-25)24-16-7-10-18(21)13(2)11-16/h5-12,22H,4H2,1-3H3,(H,23,24). The molecule has 0 aliphatic rings. The van der Waals surface area contributed by atoms with Crippen molar-refractivity contribution in [1.29, 1.82) is 5.41 Å². The lowest BCUT2D eigenvalue weighted by Crippen LogP contribution is -2.28. The van der Waals surface area contributed by atoms with Crippen molar-refractivity contribution in [2.24, 2.45) is 4.99 Å². The summed E-state index contributed by atoms with van der Waals surface area (Å²) in [4.78, 5) is 5.79. The van der Waals surface area contributed by atoms with Gasteiger partial charge in [0.15, 0.2) is 0 Å².